The number of hydrogen-bond acceptors (Lipinski definition) is 5. The van der Waals surface area contributed by atoms with Gasteiger partial charge in [-0.2, -0.15) is 9.78 Å². The molecule has 27 heavy (non-hydrogen) atoms. The van der Waals surface area contributed by atoms with Gasteiger partial charge in [-0.05, 0) is 56.5 Å². The van der Waals surface area contributed by atoms with Crippen LogP contribution in [0, 0.1) is 5.82 Å². The Morgan fingerprint density at radius 3 is 2.63 bits per heavy atom. The van der Waals surface area contributed by atoms with E-state index in [1.54, 1.807) is 6.92 Å². The van der Waals surface area contributed by atoms with Crippen LogP contribution in [0.4, 0.5) is 4.39 Å². The van der Waals surface area contributed by atoms with E-state index in [1.807, 2.05) is 0 Å². The highest BCUT2D eigenvalue weighted by atomic mass is 19.1. The Balaban J connectivity index is 1.92. The van der Waals surface area contributed by atoms with Crippen LogP contribution in [0.15, 0.2) is 41.2 Å². The number of rotatable bonds is 4. The van der Waals surface area contributed by atoms with Gasteiger partial charge in [0.2, 0.25) is 0 Å². The van der Waals surface area contributed by atoms with E-state index in [0.29, 0.717) is 18.7 Å². The maximum atomic E-state index is 13.1. The number of benzene rings is 1. The number of carbonyl (C=O) groups is 2. The van der Waals surface area contributed by atoms with Crippen molar-refractivity contribution in [2.24, 2.45) is 0 Å². The van der Waals surface area contributed by atoms with Crippen LogP contribution in [-0.4, -0.2) is 45.8 Å². The summed E-state index contributed by atoms with van der Waals surface area (Å²) in [5.74, 6) is -1.31. The first-order valence-electron chi connectivity index (χ1n) is 8.85. The van der Waals surface area contributed by atoms with E-state index >= 15 is 0 Å². The molecular weight excluding hydrogens is 353 g/mol. The lowest BCUT2D eigenvalue weighted by Gasteiger charge is -2.33. The molecule has 0 radical (unpaired) electrons. The molecule has 1 aliphatic heterocycles. The molecule has 0 aliphatic carbocycles. The van der Waals surface area contributed by atoms with Crippen molar-refractivity contribution in [1.29, 1.82) is 0 Å². The van der Waals surface area contributed by atoms with Crippen molar-refractivity contribution >= 4 is 11.9 Å². The molecule has 0 bridgehead atoms. The Morgan fingerprint density at radius 1 is 1.19 bits per heavy atom. The number of halogens is 1. The minimum atomic E-state index is -0.654. The van der Waals surface area contributed by atoms with Crippen LogP contribution < -0.4 is 5.56 Å². The molecule has 0 unspecified atom stereocenters. The zero-order chi connectivity index (χ0) is 19.4. The van der Waals surface area contributed by atoms with Crippen LogP contribution in [0.1, 0.15) is 36.7 Å². The summed E-state index contributed by atoms with van der Waals surface area (Å²) >= 11 is 0. The fourth-order valence-corrected chi connectivity index (χ4v) is 3.10. The van der Waals surface area contributed by atoms with Gasteiger partial charge in [0, 0.05) is 12.6 Å². The Labute approximate surface area is 155 Å². The molecule has 1 aliphatic rings. The van der Waals surface area contributed by atoms with Crippen LogP contribution in [0.5, 0.6) is 0 Å². The molecule has 1 amide bonds. The summed E-state index contributed by atoms with van der Waals surface area (Å²) in [6, 6.07) is 7.13. The maximum Gasteiger partial charge on any atom is 0.328 e. The maximum absolute atomic E-state index is 13.1. The van der Waals surface area contributed by atoms with Gasteiger partial charge in [0.05, 0.1) is 12.3 Å². The Kier molecular flexibility index (Phi) is 5.63. The molecule has 1 saturated heterocycles. The zero-order valence-electron chi connectivity index (χ0n) is 14.9. The number of ether oxygens (including phenoxy) is 1. The molecule has 0 saturated carbocycles. The summed E-state index contributed by atoms with van der Waals surface area (Å²) in [6.07, 6.45) is 2.14. The lowest BCUT2D eigenvalue weighted by Crippen LogP contribution is -2.49. The molecule has 7 nitrogen and oxygen atoms in total. The van der Waals surface area contributed by atoms with Crippen molar-refractivity contribution in [1.82, 2.24) is 14.7 Å². The smallest absolute Gasteiger partial charge is 0.328 e. The average Bonchev–Trinajstić information content (AvgIpc) is 2.69. The minimum Gasteiger partial charge on any atom is -0.464 e. The monoisotopic (exact) mass is 373 g/mol. The summed E-state index contributed by atoms with van der Waals surface area (Å²) in [6.45, 7) is 2.37. The third-order valence-electron chi connectivity index (χ3n) is 4.41. The molecule has 142 valence electrons. The molecule has 1 fully saturated rings. The van der Waals surface area contributed by atoms with Gasteiger partial charge in [-0.1, -0.05) is 0 Å². The molecule has 3 rings (SSSR count). The normalized spacial score (nSPS) is 16.8. The highest BCUT2D eigenvalue weighted by Gasteiger charge is 2.34. The lowest BCUT2D eigenvalue weighted by molar-refractivity contribution is -0.149. The zero-order valence-corrected chi connectivity index (χ0v) is 14.9. The SMILES string of the molecule is CCOC(=O)[C@H]1CCCCN1C(=O)c1ccc(=O)n(-c2ccc(F)cc2)n1. The Bertz CT molecular complexity index is 895. The second-order valence-electron chi connectivity index (χ2n) is 6.21. The summed E-state index contributed by atoms with van der Waals surface area (Å²) < 4.78 is 19.2. The van der Waals surface area contributed by atoms with Crippen LogP contribution in [0.25, 0.3) is 5.69 Å². The van der Waals surface area contributed by atoms with Crippen molar-refractivity contribution in [3.05, 3.63) is 58.3 Å². The van der Waals surface area contributed by atoms with Gasteiger partial charge < -0.3 is 9.64 Å². The molecule has 8 heteroatoms. The highest BCUT2D eigenvalue weighted by Crippen LogP contribution is 2.20. The van der Waals surface area contributed by atoms with Crippen LogP contribution in [0.2, 0.25) is 0 Å². The van der Waals surface area contributed by atoms with Crippen LogP contribution in [0.3, 0.4) is 0 Å². The van der Waals surface area contributed by atoms with E-state index in [1.165, 1.54) is 41.3 Å². The average molecular weight is 373 g/mol. The summed E-state index contributed by atoms with van der Waals surface area (Å²) in [7, 11) is 0. The molecule has 0 N–H and O–H groups in total. The van der Waals surface area contributed by atoms with Crippen molar-refractivity contribution in [2.45, 2.75) is 32.2 Å². The molecule has 1 atom stereocenters. The quantitative estimate of drug-likeness (QED) is 0.765. The van der Waals surface area contributed by atoms with E-state index in [4.69, 9.17) is 4.74 Å². The number of hydrogen-bond donors (Lipinski definition) is 0. The van der Waals surface area contributed by atoms with Crippen molar-refractivity contribution in [3.8, 4) is 5.69 Å². The molecule has 0 spiro atoms. The number of carbonyl (C=O) groups excluding carboxylic acids is 2. The first-order valence-corrected chi connectivity index (χ1v) is 8.85. The second kappa shape index (κ2) is 8.11. The fourth-order valence-electron chi connectivity index (χ4n) is 3.10. The second-order valence-corrected chi connectivity index (χ2v) is 6.21. The number of aromatic nitrogens is 2. The number of likely N-dealkylation sites (tertiary alicyclic amines) is 1. The first kappa shape index (κ1) is 18.8. The fraction of sp³-hybridized carbons (Fsp3) is 0.368. The van der Waals surface area contributed by atoms with Gasteiger partial charge in [0.1, 0.15) is 17.6 Å². The summed E-state index contributed by atoms with van der Waals surface area (Å²) in [5, 5.41) is 4.13. The third-order valence-corrected chi connectivity index (χ3v) is 4.41. The number of esters is 1. The minimum absolute atomic E-state index is 0.0372. The predicted octanol–water partition coefficient (Wildman–Crippen LogP) is 1.93. The van der Waals surface area contributed by atoms with Crippen molar-refractivity contribution in [2.75, 3.05) is 13.2 Å². The van der Waals surface area contributed by atoms with Crippen molar-refractivity contribution in [3.63, 3.8) is 0 Å². The summed E-state index contributed by atoms with van der Waals surface area (Å²) in [5.41, 5.74) is -0.0643. The predicted molar refractivity (Wildman–Crippen MR) is 95.1 cm³/mol. The number of piperidine rings is 1. The van der Waals surface area contributed by atoms with Gasteiger partial charge in [0.15, 0.2) is 0 Å². The molecule has 1 aromatic heterocycles. The van der Waals surface area contributed by atoms with E-state index in [2.05, 4.69) is 5.10 Å². The number of nitrogens with zero attached hydrogens (tertiary/aromatic N) is 3. The first-order chi connectivity index (χ1) is 13.0. The van der Waals surface area contributed by atoms with E-state index in [0.717, 1.165) is 17.5 Å². The van der Waals surface area contributed by atoms with E-state index in [9.17, 15) is 18.8 Å². The number of amides is 1. The third kappa shape index (κ3) is 4.05. The molecule has 2 heterocycles. The molecular formula is C19H20FN3O4. The Hall–Kier alpha value is -3.03. The highest BCUT2D eigenvalue weighted by molar-refractivity contribution is 5.95. The van der Waals surface area contributed by atoms with Gasteiger partial charge >= 0.3 is 5.97 Å². The van der Waals surface area contributed by atoms with Gasteiger partial charge in [0.25, 0.3) is 11.5 Å². The van der Waals surface area contributed by atoms with E-state index in [-0.39, 0.29) is 12.3 Å². The molecule has 1 aromatic carbocycles. The van der Waals surface area contributed by atoms with E-state index < -0.39 is 29.3 Å². The van der Waals surface area contributed by atoms with Gasteiger partial charge in [-0.15, -0.1) is 0 Å². The van der Waals surface area contributed by atoms with Gasteiger partial charge in [-0.25, -0.2) is 9.18 Å². The Morgan fingerprint density at radius 2 is 1.93 bits per heavy atom. The topological polar surface area (TPSA) is 81.5 Å². The van der Waals surface area contributed by atoms with Crippen LogP contribution in [-0.2, 0) is 9.53 Å². The molecule has 2 aromatic rings. The van der Waals surface area contributed by atoms with Crippen molar-refractivity contribution < 1.29 is 18.7 Å². The standard InChI is InChI=1S/C19H20FN3O4/c1-2-27-19(26)16-5-3-4-12-22(16)18(25)15-10-11-17(24)23(21-15)14-8-6-13(20)7-9-14/h6-11,16H,2-5,12H2,1H3/t16-/m1/s1. The summed E-state index contributed by atoms with van der Waals surface area (Å²) in [4.78, 5) is 38.7. The lowest BCUT2D eigenvalue weighted by atomic mass is 10.0. The van der Waals surface area contributed by atoms with Crippen LogP contribution >= 0.6 is 0 Å². The largest absolute Gasteiger partial charge is 0.464 e. The van der Waals surface area contributed by atoms with Gasteiger partial charge in [-0.3, -0.25) is 9.59 Å².